The van der Waals surface area contributed by atoms with Crippen molar-refractivity contribution >= 4 is 29.3 Å². The molecule has 3 heterocycles. The lowest BCUT2D eigenvalue weighted by molar-refractivity contribution is -0.501. The molecule has 6 aromatic rings. The molecule has 0 N–H and O–H groups in total. The Balaban J connectivity index is 0.000000464. The van der Waals surface area contributed by atoms with E-state index in [9.17, 15) is 17.3 Å². The molecule has 0 fully saturated rings. The Hall–Kier alpha value is -4.13. The Morgan fingerprint density at radius 3 is 1.91 bits per heavy atom. The molecule has 2 nitrogen and oxygen atoms in total. The van der Waals surface area contributed by atoms with Gasteiger partial charge in [0.15, 0.2) is 5.69 Å². The zero-order valence-corrected chi connectivity index (χ0v) is 18.9. The molecule has 0 amide bonds. The Morgan fingerprint density at radius 2 is 1.26 bits per heavy atom. The highest BCUT2D eigenvalue weighted by molar-refractivity contribution is 6.50. The van der Waals surface area contributed by atoms with E-state index in [-0.39, 0.29) is 0 Å². The summed E-state index contributed by atoms with van der Waals surface area (Å²) in [6.07, 6.45) is 2.17. The van der Waals surface area contributed by atoms with Gasteiger partial charge in [-0.2, -0.15) is 8.80 Å². The van der Waals surface area contributed by atoms with Crippen molar-refractivity contribution in [1.29, 1.82) is 0 Å². The molecule has 3 aromatic carbocycles. The predicted octanol–water partition coefficient (Wildman–Crippen LogP) is 7.77. The molecule has 7 heteroatoms. The van der Waals surface area contributed by atoms with Crippen LogP contribution in [0.2, 0.25) is 0 Å². The average molecular weight is 472 g/mol. The first-order chi connectivity index (χ1) is 16.8. The maximum absolute atomic E-state index is 9.75. The van der Waals surface area contributed by atoms with Gasteiger partial charge in [-0.1, -0.05) is 78.4 Å². The van der Waals surface area contributed by atoms with E-state index < -0.39 is 7.25 Å². The normalized spacial score (nSPS) is 11.6. The number of rotatable bonds is 2. The highest BCUT2D eigenvalue weighted by Gasteiger charge is 2.25. The minimum absolute atomic E-state index is 1.16. The van der Waals surface area contributed by atoms with Gasteiger partial charge in [0.2, 0.25) is 0 Å². The summed E-state index contributed by atoms with van der Waals surface area (Å²) in [5.41, 5.74) is 9.79. The van der Waals surface area contributed by atoms with Crippen LogP contribution in [0.3, 0.4) is 0 Å². The number of aryl methyl sites for hydroxylation is 1. The standard InChI is InChI=1S/C28H21N2.BF4/c1-20-15-16-24-23(18-20)19-25-27(21-10-4-2-5-11-21)28(22-12-6-3-7-13-22)29-17-9-8-14-26(29)30(24)25;2-1(3,4)5/h2-19H,1H3;/q+1;-1. The van der Waals surface area contributed by atoms with E-state index in [2.05, 4.69) is 125 Å². The van der Waals surface area contributed by atoms with E-state index in [4.69, 9.17) is 0 Å². The molecule has 0 saturated heterocycles. The predicted molar refractivity (Wildman–Crippen MR) is 134 cm³/mol. The summed E-state index contributed by atoms with van der Waals surface area (Å²) in [7, 11) is -6.00. The fourth-order valence-corrected chi connectivity index (χ4v) is 4.58. The van der Waals surface area contributed by atoms with E-state index in [1.165, 1.54) is 44.4 Å². The van der Waals surface area contributed by atoms with Crippen LogP contribution in [0.5, 0.6) is 0 Å². The SMILES string of the molecule is Cc1ccc2c(c1)cc1c(-c3ccccc3)c(-c3ccccc3)[n+]3ccccc3n12.F[B-](F)(F)F. The lowest BCUT2D eigenvalue weighted by Crippen LogP contribution is -2.28. The molecule has 0 radical (unpaired) electrons. The van der Waals surface area contributed by atoms with Crippen LogP contribution < -0.4 is 4.40 Å². The largest absolute Gasteiger partial charge is 0.673 e. The summed E-state index contributed by atoms with van der Waals surface area (Å²) in [5.74, 6) is 0. The maximum Gasteiger partial charge on any atom is 0.673 e. The maximum atomic E-state index is 9.75. The lowest BCUT2D eigenvalue weighted by atomic mass is 9.98. The average Bonchev–Trinajstić information content (AvgIpc) is 3.21. The molecular formula is C28H21BF4N2. The monoisotopic (exact) mass is 472 g/mol. The van der Waals surface area contributed by atoms with Gasteiger partial charge in [-0.05, 0) is 36.8 Å². The van der Waals surface area contributed by atoms with Crippen LogP contribution in [0.15, 0.2) is 109 Å². The lowest BCUT2D eigenvalue weighted by Gasteiger charge is -2.12. The number of fused-ring (bicyclic) bond motifs is 5. The second-order valence-corrected chi connectivity index (χ2v) is 8.31. The first-order valence-corrected chi connectivity index (χ1v) is 11.2. The zero-order valence-electron chi connectivity index (χ0n) is 18.9. The van der Waals surface area contributed by atoms with Gasteiger partial charge in [0, 0.05) is 17.0 Å². The topological polar surface area (TPSA) is 8.51 Å². The Kier molecular flexibility index (Phi) is 5.77. The van der Waals surface area contributed by atoms with Gasteiger partial charge >= 0.3 is 7.25 Å². The summed E-state index contributed by atoms with van der Waals surface area (Å²) >= 11 is 0. The second kappa shape index (κ2) is 8.91. The van der Waals surface area contributed by atoms with Crippen LogP contribution in [-0.2, 0) is 0 Å². The Morgan fingerprint density at radius 1 is 0.657 bits per heavy atom. The number of aromatic nitrogens is 2. The number of halogens is 4. The molecule has 3 aromatic heterocycles. The molecule has 174 valence electrons. The number of nitrogens with zero attached hydrogens (tertiary/aromatic N) is 2. The molecule has 0 unspecified atom stereocenters. The number of hydrogen-bond acceptors (Lipinski definition) is 0. The minimum atomic E-state index is -6.00. The van der Waals surface area contributed by atoms with Crippen molar-refractivity contribution in [3.63, 3.8) is 0 Å². The number of hydrogen-bond donors (Lipinski definition) is 0. The summed E-state index contributed by atoms with van der Waals surface area (Å²) in [6.45, 7) is 2.15. The van der Waals surface area contributed by atoms with Crippen molar-refractivity contribution in [1.82, 2.24) is 4.40 Å². The molecule has 0 atom stereocenters. The van der Waals surface area contributed by atoms with Gasteiger partial charge < -0.3 is 17.3 Å². The van der Waals surface area contributed by atoms with Crippen LogP contribution in [-0.4, -0.2) is 11.7 Å². The first-order valence-electron chi connectivity index (χ1n) is 11.2. The third-order valence-corrected chi connectivity index (χ3v) is 5.87. The molecule has 0 aliphatic rings. The smallest absolute Gasteiger partial charge is 0.418 e. The van der Waals surface area contributed by atoms with Gasteiger partial charge in [-0.25, -0.2) is 0 Å². The molecule has 35 heavy (non-hydrogen) atoms. The van der Waals surface area contributed by atoms with Gasteiger partial charge in [0.25, 0.3) is 5.65 Å². The molecule has 0 aliphatic carbocycles. The van der Waals surface area contributed by atoms with Crippen molar-refractivity contribution in [2.24, 2.45) is 0 Å². The molecule has 0 saturated carbocycles. The summed E-state index contributed by atoms with van der Waals surface area (Å²) in [5, 5.41) is 1.27. The van der Waals surface area contributed by atoms with E-state index in [1.54, 1.807) is 0 Å². The van der Waals surface area contributed by atoms with Crippen molar-refractivity contribution in [2.45, 2.75) is 6.92 Å². The van der Waals surface area contributed by atoms with E-state index in [0.29, 0.717) is 0 Å². The molecular weight excluding hydrogens is 451 g/mol. The van der Waals surface area contributed by atoms with Crippen molar-refractivity contribution < 1.29 is 21.7 Å². The van der Waals surface area contributed by atoms with Crippen molar-refractivity contribution in [3.05, 3.63) is 115 Å². The molecule has 0 spiro atoms. The molecule has 0 bridgehead atoms. The van der Waals surface area contributed by atoms with E-state index >= 15 is 0 Å². The molecule has 6 rings (SSSR count). The van der Waals surface area contributed by atoms with Crippen molar-refractivity contribution in [2.75, 3.05) is 0 Å². The van der Waals surface area contributed by atoms with Crippen LogP contribution in [0.1, 0.15) is 5.56 Å². The zero-order chi connectivity index (χ0) is 24.6. The van der Waals surface area contributed by atoms with Crippen LogP contribution in [0.25, 0.3) is 44.5 Å². The van der Waals surface area contributed by atoms with Crippen LogP contribution in [0.4, 0.5) is 17.3 Å². The Labute approximate surface area is 199 Å². The van der Waals surface area contributed by atoms with Crippen LogP contribution in [0, 0.1) is 6.92 Å². The quantitative estimate of drug-likeness (QED) is 0.138. The molecule has 0 aliphatic heterocycles. The third kappa shape index (κ3) is 4.49. The van der Waals surface area contributed by atoms with Gasteiger partial charge in [0.05, 0.1) is 11.8 Å². The number of pyridine rings is 1. The van der Waals surface area contributed by atoms with Gasteiger partial charge in [0.1, 0.15) is 11.0 Å². The number of benzene rings is 3. The van der Waals surface area contributed by atoms with Crippen LogP contribution >= 0.6 is 0 Å². The van der Waals surface area contributed by atoms with Gasteiger partial charge in [-0.3, -0.25) is 0 Å². The minimum Gasteiger partial charge on any atom is -0.418 e. The highest BCUT2D eigenvalue weighted by atomic mass is 19.5. The van der Waals surface area contributed by atoms with Crippen molar-refractivity contribution in [3.8, 4) is 22.4 Å². The fourth-order valence-electron chi connectivity index (χ4n) is 4.58. The summed E-state index contributed by atoms with van der Waals surface area (Å²) in [4.78, 5) is 0. The summed E-state index contributed by atoms with van der Waals surface area (Å²) in [6, 6.07) is 36.9. The van der Waals surface area contributed by atoms with E-state index in [1.807, 2.05) is 0 Å². The van der Waals surface area contributed by atoms with E-state index in [0.717, 1.165) is 5.65 Å². The second-order valence-electron chi connectivity index (χ2n) is 8.31. The fraction of sp³-hybridized carbons (Fsp3) is 0.0357. The van der Waals surface area contributed by atoms with Gasteiger partial charge in [-0.15, -0.1) is 0 Å². The highest BCUT2D eigenvalue weighted by Crippen LogP contribution is 2.37. The Bertz CT molecular complexity index is 1640. The third-order valence-electron chi connectivity index (χ3n) is 5.87. The first kappa shape index (κ1) is 22.7. The summed E-state index contributed by atoms with van der Waals surface area (Å²) < 4.78 is 43.7.